The molecule has 520 valence electrons. The van der Waals surface area contributed by atoms with Crippen molar-refractivity contribution in [3.05, 3.63) is 130 Å². The zero-order chi connectivity index (χ0) is 70.5. The maximum atomic E-state index is 14.1. The number of nitrogens with zero attached hydrogens (tertiary/aromatic N) is 7. The number of para-hydroxylation sites is 1. The minimum absolute atomic E-state index is 0.0298. The van der Waals surface area contributed by atoms with E-state index in [-0.39, 0.29) is 54.3 Å². The molecule has 2 fully saturated rings. The lowest BCUT2D eigenvalue weighted by atomic mass is 9.48. The van der Waals surface area contributed by atoms with Crippen molar-refractivity contribution < 1.29 is 75.8 Å². The number of hydrogen-bond acceptors (Lipinski definition) is 18. The smallest absolute Gasteiger partial charge is 0.410 e. The van der Waals surface area contributed by atoms with Gasteiger partial charge in [-0.1, -0.05) is 69.4 Å². The third kappa shape index (κ3) is 17.6. The van der Waals surface area contributed by atoms with E-state index in [1.54, 1.807) is 36.5 Å². The summed E-state index contributed by atoms with van der Waals surface area (Å²) in [7, 11) is -4.56. The second kappa shape index (κ2) is 29.3. The van der Waals surface area contributed by atoms with Crippen molar-refractivity contribution in [1.82, 2.24) is 40.2 Å². The van der Waals surface area contributed by atoms with Crippen LogP contribution in [0.25, 0.3) is 21.3 Å². The van der Waals surface area contributed by atoms with Gasteiger partial charge in [0.2, 0.25) is 17.7 Å². The second-order valence-electron chi connectivity index (χ2n) is 27.5. The predicted octanol–water partition coefficient (Wildman–Crippen LogP) is 7.96. The van der Waals surface area contributed by atoms with E-state index in [2.05, 4.69) is 53.9 Å². The number of anilines is 3. The summed E-state index contributed by atoms with van der Waals surface area (Å²) in [6.45, 7) is 11.4. The van der Waals surface area contributed by atoms with E-state index in [9.17, 15) is 66.3 Å². The number of aryl methyl sites for hydroxylation is 1. The number of carbonyl (C=O) groups is 9. The number of aromatic nitrogens is 4. The lowest BCUT2D eigenvalue weighted by molar-refractivity contribution is -0.194. The van der Waals surface area contributed by atoms with Gasteiger partial charge in [0.05, 0.1) is 40.9 Å². The fourth-order valence-corrected chi connectivity index (χ4v) is 16.4. The zero-order valence-corrected chi connectivity index (χ0v) is 57.1. The molecule has 27 nitrogen and oxygen atoms in total. The van der Waals surface area contributed by atoms with Gasteiger partial charge in [-0.2, -0.15) is 13.5 Å². The summed E-state index contributed by atoms with van der Waals surface area (Å²) in [6, 6.07) is 20.5. The molecule has 3 aromatic carbocycles. The third-order valence-electron chi connectivity index (χ3n) is 18.4. The van der Waals surface area contributed by atoms with Crippen LogP contribution in [0.3, 0.4) is 0 Å². The van der Waals surface area contributed by atoms with Gasteiger partial charge < -0.3 is 45.4 Å². The average molecular weight is 1380 g/mol. The van der Waals surface area contributed by atoms with E-state index in [4.69, 9.17) is 19.6 Å². The number of aromatic carboxylic acids is 1. The summed E-state index contributed by atoms with van der Waals surface area (Å²) in [5, 5.41) is 35.9. The number of unbranched alkanes of at least 4 members (excludes halogenated alkanes) is 1. The molecule has 7 amide bonds. The number of hydrogen-bond donors (Lipinski definition) is 7. The van der Waals surface area contributed by atoms with E-state index in [1.165, 1.54) is 24.3 Å². The fourth-order valence-electron chi connectivity index (χ4n) is 15.1. The van der Waals surface area contributed by atoms with Gasteiger partial charge in [0.15, 0.2) is 10.8 Å². The molecule has 2 saturated carbocycles. The van der Waals surface area contributed by atoms with Crippen molar-refractivity contribution in [2.45, 2.75) is 137 Å². The average Bonchev–Trinajstić information content (AvgIpc) is 0.733. The second-order valence-corrected chi connectivity index (χ2v) is 30.1. The van der Waals surface area contributed by atoms with Gasteiger partial charge in [0.1, 0.15) is 25.0 Å². The summed E-state index contributed by atoms with van der Waals surface area (Å²) in [6.07, 6.45) is 7.94. The third-order valence-corrected chi connectivity index (χ3v) is 20.0. The van der Waals surface area contributed by atoms with E-state index in [1.807, 2.05) is 52.9 Å². The van der Waals surface area contributed by atoms with Crippen LogP contribution in [-0.4, -0.2) is 163 Å². The Labute approximate surface area is 570 Å². The molecule has 2 aliphatic heterocycles. The van der Waals surface area contributed by atoms with Gasteiger partial charge in [-0.25, -0.2) is 19.6 Å². The Kier molecular flexibility index (Phi) is 21.3. The first-order chi connectivity index (χ1) is 46.3. The Balaban J connectivity index is 0.789. The number of aliphatic carboxylic acids is 1. The molecule has 5 heterocycles. The van der Waals surface area contributed by atoms with Gasteiger partial charge in [-0.05, 0) is 153 Å². The Morgan fingerprint density at radius 3 is 2.33 bits per heavy atom. The molecule has 4 atom stereocenters. The van der Waals surface area contributed by atoms with Crippen LogP contribution in [0.15, 0.2) is 91.1 Å². The molecule has 3 aromatic heterocycles. The highest BCUT2D eigenvalue weighted by Gasteiger charge is 2.58. The molecular formula is C69H81N11O16S2. The molecule has 2 aliphatic carbocycles. The minimum Gasteiger partial charge on any atom is -0.481 e. The van der Waals surface area contributed by atoms with Crippen LogP contribution in [0.2, 0.25) is 0 Å². The summed E-state index contributed by atoms with van der Waals surface area (Å²) >= 11 is 1.39. The van der Waals surface area contributed by atoms with E-state index in [0.717, 1.165) is 56.9 Å². The quantitative estimate of drug-likeness (QED) is 0.0139. The first-order valence-corrected chi connectivity index (χ1v) is 34.8. The van der Waals surface area contributed by atoms with Crippen LogP contribution >= 0.6 is 11.3 Å². The molecular weight excluding hydrogens is 1300 g/mol. The normalized spacial score (nSPS) is 19.7. The Hall–Kier alpha value is -9.45. The van der Waals surface area contributed by atoms with Crippen LogP contribution in [-0.2, 0) is 80.9 Å². The molecule has 98 heavy (non-hydrogen) atoms. The van der Waals surface area contributed by atoms with Crippen molar-refractivity contribution in [1.29, 1.82) is 0 Å². The SMILES string of the molecule is Cc1c(-c2ccc(N3CCc4cccc(C(=O)Nc5nc6ccccc6s5)c4C3)nc2C(=O)O)cnn1CC1(C)CC2(C)CC(C)(C)CC(OCCN(CCS(=O)(=O)O)C(=O)OCc3ccc(NC(=O)[C@H](C)NC(=O)CNC(=O)CN4C(=O)C=CC4=O)cc3CCCCC(=O)O)(C1)C2. The molecule has 7 N–H and O–H groups in total. The first kappa shape index (κ1) is 71.3. The number of pyridine rings is 1. The lowest BCUT2D eigenvalue weighted by Crippen LogP contribution is -2.57. The lowest BCUT2D eigenvalue weighted by Gasteiger charge is -2.61. The molecule has 0 saturated heterocycles. The van der Waals surface area contributed by atoms with E-state index >= 15 is 0 Å². The minimum atomic E-state index is -4.56. The Morgan fingerprint density at radius 2 is 1.59 bits per heavy atom. The van der Waals surface area contributed by atoms with Gasteiger partial charge in [0, 0.05) is 79.4 Å². The number of ether oxygens (including phenoxy) is 2. The van der Waals surface area contributed by atoms with Crippen molar-refractivity contribution in [3.63, 3.8) is 0 Å². The summed E-state index contributed by atoms with van der Waals surface area (Å²) in [4.78, 5) is 128. The highest BCUT2D eigenvalue weighted by atomic mass is 32.2. The highest BCUT2D eigenvalue weighted by Crippen LogP contribution is 2.63. The van der Waals surface area contributed by atoms with Crippen LogP contribution in [0.1, 0.15) is 135 Å². The fraction of sp³-hybridized carbons (Fsp3) is 0.449. The van der Waals surface area contributed by atoms with E-state index in [0.29, 0.717) is 108 Å². The zero-order valence-electron chi connectivity index (χ0n) is 55.5. The number of thiazole rings is 1. The molecule has 6 aromatic rings. The molecule has 4 aliphatic rings. The van der Waals surface area contributed by atoms with Crippen molar-refractivity contribution >= 4 is 102 Å². The number of carboxylic acid groups (broad SMARTS) is 2. The van der Waals surface area contributed by atoms with Crippen molar-refractivity contribution in [2.75, 3.05) is 60.6 Å². The summed E-state index contributed by atoms with van der Waals surface area (Å²) in [5.41, 5.74) is 4.57. The van der Waals surface area contributed by atoms with Crippen LogP contribution in [0.5, 0.6) is 0 Å². The number of fused-ring (bicyclic) bond motifs is 4. The number of amides is 7. The van der Waals surface area contributed by atoms with Gasteiger partial charge >= 0.3 is 18.0 Å². The molecule has 10 rings (SSSR count). The van der Waals surface area contributed by atoms with Crippen molar-refractivity contribution in [3.8, 4) is 11.1 Å². The number of carboxylic acids is 2. The number of carbonyl (C=O) groups excluding carboxylic acids is 7. The number of nitrogens with one attached hydrogen (secondary N) is 4. The van der Waals surface area contributed by atoms with Crippen LogP contribution in [0, 0.1) is 23.2 Å². The van der Waals surface area contributed by atoms with Gasteiger partial charge in [0.25, 0.3) is 27.8 Å². The number of rotatable bonds is 28. The molecule has 2 bridgehead atoms. The molecule has 0 spiro atoms. The largest absolute Gasteiger partial charge is 0.481 e. The topological polar surface area (TPSA) is 368 Å². The monoisotopic (exact) mass is 1380 g/mol. The standard InChI is InChI=1S/C69H81N11O16S2/c1-42(72-55(81)32-70-56(82)34-79-57(83)22-23-58(79)84)61(87)73-47-19-18-46(45(30-47)12-7-10-17-59(85)86)35-95-65(91)77(27-29-98(92,93)94)26-28-96-69-37-66(3,4)36-67(5,39-69)38-68(6,40-69)41-80-43(2)50(31-71-80)48-20-21-54(75-60(48)63(89)90)78-25-24-44-13-11-14-49(51(44)33-78)62(88)76-64-74-52-15-8-9-16-53(52)97-64/h8-9,11,13-16,18-23,30-31,42H,7,10,12,17,24-29,32-41H2,1-6H3,(H,70,82)(H,72,81)(H,73,87)(H,85,86)(H,89,90)(H,74,76,88)(H,92,93,94)/t42-,67?,68?,69?/m0/s1. The van der Waals surface area contributed by atoms with Crippen LogP contribution < -0.4 is 26.2 Å². The molecule has 29 heteroatoms. The maximum Gasteiger partial charge on any atom is 0.410 e. The first-order valence-electron chi connectivity index (χ1n) is 32.4. The number of benzene rings is 3. The van der Waals surface area contributed by atoms with Crippen molar-refractivity contribution in [2.24, 2.45) is 16.2 Å². The predicted molar refractivity (Wildman–Crippen MR) is 363 cm³/mol. The number of imide groups is 1. The Bertz CT molecular complexity index is 4230. The maximum absolute atomic E-state index is 14.1. The van der Waals surface area contributed by atoms with Crippen LogP contribution in [0.4, 0.5) is 21.4 Å². The Morgan fingerprint density at radius 1 is 0.827 bits per heavy atom. The van der Waals surface area contributed by atoms with Gasteiger partial charge in [-0.15, -0.1) is 0 Å². The van der Waals surface area contributed by atoms with E-state index < -0.39 is 100 Å². The summed E-state index contributed by atoms with van der Waals surface area (Å²) < 4.78 is 50.0. The summed E-state index contributed by atoms with van der Waals surface area (Å²) in [5.74, 6) is -6.33. The highest BCUT2D eigenvalue weighted by molar-refractivity contribution is 7.85. The molecule has 3 unspecified atom stereocenters. The van der Waals surface area contributed by atoms with Gasteiger partial charge in [-0.3, -0.25) is 53.0 Å². The molecule has 0 radical (unpaired) electrons.